The number of aryl methyl sites for hydroxylation is 1. The van der Waals surface area contributed by atoms with Crippen LogP contribution in [0.3, 0.4) is 0 Å². The average molecular weight is 324 g/mol. The van der Waals surface area contributed by atoms with Gasteiger partial charge in [-0.2, -0.15) is 0 Å². The summed E-state index contributed by atoms with van der Waals surface area (Å²) in [7, 11) is 0. The lowest BCUT2D eigenvalue weighted by molar-refractivity contribution is 0.0729. The zero-order chi connectivity index (χ0) is 18.1. The van der Waals surface area contributed by atoms with E-state index in [0.29, 0.717) is 11.3 Å². The minimum absolute atomic E-state index is 0.107. The minimum atomic E-state index is -0.308. The summed E-state index contributed by atoms with van der Waals surface area (Å²) < 4.78 is 5.92. The van der Waals surface area contributed by atoms with Gasteiger partial charge in [0.05, 0.1) is 5.56 Å². The van der Waals surface area contributed by atoms with Crippen molar-refractivity contribution in [2.24, 2.45) is 0 Å². The summed E-state index contributed by atoms with van der Waals surface area (Å²) in [6.45, 7) is 14.8. The molecule has 0 aliphatic carbocycles. The van der Waals surface area contributed by atoms with Gasteiger partial charge < -0.3 is 4.74 Å². The topological polar surface area (TPSA) is 26.3 Å². The highest BCUT2D eigenvalue weighted by Gasteiger charge is 2.28. The van der Waals surface area contributed by atoms with Crippen molar-refractivity contribution in [1.29, 1.82) is 0 Å². The Morgan fingerprint density at radius 1 is 0.792 bits per heavy atom. The summed E-state index contributed by atoms with van der Waals surface area (Å²) >= 11 is 0. The van der Waals surface area contributed by atoms with Gasteiger partial charge in [0.2, 0.25) is 0 Å². The zero-order valence-electron chi connectivity index (χ0n) is 15.9. The summed E-state index contributed by atoms with van der Waals surface area (Å²) in [6, 6.07) is 13.6. The quantitative estimate of drug-likeness (QED) is 0.515. The fourth-order valence-electron chi connectivity index (χ4n) is 2.67. The van der Waals surface area contributed by atoms with Crippen molar-refractivity contribution in [2.45, 2.75) is 59.3 Å². The third-order valence-corrected chi connectivity index (χ3v) is 4.11. The van der Waals surface area contributed by atoms with Gasteiger partial charge in [-0.1, -0.05) is 77.4 Å². The molecule has 0 heterocycles. The van der Waals surface area contributed by atoms with E-state index < -0.39 is 0 Å². The Kier molecular flexibility index (Phi) is 4.89. The van der Waals surface area contributed by atoms with Crippen molar-refractivity contribution < 1.29 is 9.53 Å². The van der Waals surface area contributed by atoms with Gasteiger partial charge in [-0.05, 0) is 29.9 Å². The van der Waals surface area contributed by atoms with Crippen LogP contribution < -0.4 is 4.74 Å². The first-order chi connectivity index (χ1) is 11.0. The first-order valence-electron chi connectivity index (χ1n) is 8.43. The molecule has 0 bridgehead atoms. The first-order valence-corrected chi connectivity index (χ1v) is 8.43. The second-order valence-corrected chi connectivity index (χ2v) is 8.44. The van der Waals surface area contributed by atoms with Crippen molar-refractivity contribution in [3.8, 4) is 5.75 Å². The molecular weight excluding hydrogens is 296 g/mol. The number of hydrogen-bond donors (Lipinski definition) is 0. The third kappa shape index (κ3) is 4.05. The largest absolute Gasteiger partial charge is 0.422 e. The van der Waals surface area contributed by atoms with Gasteiger partial charge in [0, 0.05) is 11.1 Å². The van der Waals surface area contributed by atoms with Crippen LogP contribution in [0.4, 0.5) is 0 Å². The molecule has 2 rings (SSSR count). The number of para-hydroxylation sites is 1. The molecule has 2 heteroatoms. The lowest BCUT2D eigenvalue weighted by Gasteiger charge is -2.28. The van der Waals surface area contributed by atoms with E-state index in [0.717, 1.165) is 16.7 Å². The molecule has 0 saturated heterocycles. The highest BCUT2D eigenvalue weighted by atomic mass is 16.5. The van der Waals surface area contributed by atoms with E-state index in [9.17, 15) is 4.79 Å². The minimum Gasteiger partial charge on any atom is -0.422 e. The van der Waals surface area contributed by atoms with Crippen molar-refractivity contribution in [2.75, 3.05) is 0 Å². The number of carbonyl (C=O) groups excluding carboxylic acids is 1. The first kappa shape index (κ1) is 18.3. The Morgan fingerprint density at radius 3 is 1.67 bits per heavy atom. The van der Waals surface area contributed by atoms with Crippen LogP contribution in [0.1, 0.15) is 68.6 Å². The Morgan fingerprint density at radius 2 is 1.25 bits per heavy atom. The number of rotatable bonds is 2. The molecule has 0 aliphatic heterocycles. The molecule has 0 aliphatic rings. The van der Waals surface area contributed by atoms with Crippen LogP contribution in [0.5, 0.6) is 5.75 Å². The lowest BCUT2D eigenvalue weighted by Crippen LogP contribution is -2.21. The molecule has 2 aromatic carbocycles. The number of carbonyl (C=O) groups is 1. The van der Waals surface area contributed by atoms with Gasteiger partial charge in [-0.15, -0.1) is 0 Å². The molecule has 0 saturated carbocycles. The van der Waals surface area contributed by atoms with Crippen LogP contribution in [-0.2, 0) is 10.8 Å². The highest BCUT2D eigenvalue weighted by molar-refractivity contribution is 5.91. The predicted molar refractivity (Wildman–Crippen MR) is 100.0 cm³/mol. The van der Waals surface area contributed by atoms with Crippen LogP contribution in [0.25, 0.3) is 0 Å². The van der Waals surface area contributed by atoms with Crippen molar-refractivity contribution >= 4 is 5.97 Å². The Labute approximate surface area is 145 Å². The van der Waals surface area contributed by atoms with E-state index in [1.807, 2.05) is 49.4 Å². The van der Waals surface area contributed by atoms with Crippen molar-refractivity contribution in [3.63, 3.8) is 0 Å². The maximum Gasteiger partial charge on any atom is 0.343 e. The van der Waals surface area contributed by atoms with Crippen LogP contribution in [0.15, 0.2) is 42.5 Å². The van der Waals surface area contributed by atoms with E-state index in [1.54, 1.807) is 0 Å². The molecule has 2 nitrogen and oxygen atoms in total. The molecule has 0 fully saturated rings. The maximum atomic E-state index is 12.7. The van der Waals surface area contributed by atoms with E-state index in [1.165, 1.54) is 0 Å². The molecule has 2 aromatic rings. The number of ether oxygens (including phenoxy) is 1. The van der Waals surface area contributed by atoms with Crippen LogP contribution >= 0.6 is 0 Å². The predicted octanol–water partition coefficient (Wildman–Crippen LogP) is 5.81. The molecule has 128 valence electrons. The van der Waals surface area contributed by atoms with Gasteiger partial charge in [-0.25, -0.2) is 4.79 Å². The smallest absolute Gasteiger partial charge is 0.343 e. The monoisotopic (exact) mass is 324 g/mol. The SMILES string of the molecule is Cc1ccc(C(=O)Oc2c(C(C)(C)C)cccc2C(C)(C)C)cc1. The molecule has 0 unspecified atom stereocenters. The molecule has 0 spiro atoms. The highest BCUT2D eigenvalue weighted by Crippen LogP contribution is 2.39. The summed E-state index contributed by atoms with van der Waals surface area (Å²) in [5.41, 5.74) is 3.58. The third-order valence-electron chi connectivity index (χ3n) is 4.11. The van der Waals surface area contributed by atoms with Gasteiger partial charge in [0.25, 0.3) is 0 Å². The second kappa shape index (κ2) is 6.43. The van der Waals surface area contributed by atoms with Gasteiger partial charge in [-0.3, -0.25) is 0 Å². The van der Waals surface area contributed by atoms with E-state index in [-0.39, 0.29) is 16.8 Å². The molecule has 0 atom stereocenters. The van der Waals surface area contributed by atoms with E-state index in [2.05, 4.69) is 41.5 Å². The number of hydrogen-bond acceptors (Lipinski definition) is 2. The molecule has 0 amide bonds. The molecule has 24 heavy (non-hydrogen) atoms. The summed E-state index contributed by atoms with van der Waals surface area (Å²) in [4.78, 5) is 12.7. The van der Waals surface area contributed by atoms with Gasteiger partial charge >= 0.3 is 5.97 Å². The summed E-state index contributed by atoms with van der Waals surface area (Å²) in [5.74, 6) is 0.389. The zero-order valence-corrected chi connectivity index (χ0v) is 15.9. The number of esters is 1. The van der Waals surface area contributed by atoms with Crippen molar-refractivity contribution in [3.05, 3.63) is 64.7 Å². The molecule has 0 radical (unpaired) electrons. The van der Waals surface area contributed by atoms with Crippen LogP contribution in [0.2, 0.25) is 0 Å². The average Bonchev–Trinajstić information content (AvgIpc) is 2.45. The summed E-state index contributed by atoms with van der Waals surface area (Å²) in [6.07, 6.45) is 0. The maximum absolute atomic E-state index is 12.7. The fourth-order valence-corrected chi connectivity index (χ4v) is 2.67. The van der Waals surface area contributed by atoms with E-state index in [4.69, 9.17) is 4.74 Å². The van der Waals surface area contributed by atoms with Crippen LogP contribution in [0, 0.1) is 6.92 Å². The Hall–Kier alpha value is -2.09. The van der Waals surface area contributed by atoms with Gasteiger partial charge in [0.1, 0.15) is 5.75 Å². The lowest BCUT2D eigenvalue weighted by atomic mass is 9.79. The fraction of sp³-hybridized carbons (Fsp3) is 0.409. The normalized spacial score (nSPS) is 12.1. The Balaban J connectivity index is 2.51. The van der Waals surface area contributed by atoms with Gasteiger partial charge in [0.15, 0.2) is 0 Å². The second-order valence-electron chi connectivity index (χ2n) is 8.44. The summed E-state index contributed by atoms with van der Waals surface area (Å²) in [5, 5.41) is 0. The number of benzene rings is 2. The van der Waals surface area contributed by atoms with Crippen LogP contribution in [-0.4, -0.2) is 5.97 Å². The molecular formula is C22H28O2. The molecule has 0 aromatic heterocycles. The van der Waals surface area contributed by atoms with Crippen molar-refractivity contribution in [1.82, 2.24) is 0 Å². The standard InChI is InChI=1S/C22H28O2/c1-15-11-13-16(14-12-15)20(23)24-19-17(21(2,3)4)9-8-10-18(19)22(5,6)7/h8-14H,1-7H3. The van der Waals surface area contributed by atoms with E-state index >= 15 is 0 Å². The Bertz CT molecular complexity index is 694. The molecule has 0 N–H and O–H groups in total.